The highest BCUT2D eigenvalue weighted by atomic mass is 19.4. The quantitative estimate of drug-likeness (QED) is 0.596. The summed E-state index contributed by atoms with van der Waals surface area (Å²) in [6, 6.07) is 0. The first-order chi connectivity index (χ1) is 6.68. The zero-order valence-corrected chi connectivity index (χ0v) is 6.70. The number of nitrogens with zero attached hydrogens (tertiary/aromatic N) is 1. The van der Waals surface area contributed by atoms with E-state index >= 15 is 0 Å². The van der Waals surface area contributed by atoms with Crippen LogP contribution in [0.2, 0.25) is 0 Å². The van der Waals surface area contributed by atoms with E-state index < -0.39 is 35.6 Å². The van der Waals surface area contributed by atoms with Crippen molar-refractivity contribution in [2.24, 2.45) is 0 Å². The number of carbonyl (C=O) groups is 1. The summed E-state index contributed by atoms with van der Waals surface area (Å²) in [6.45, 7) is 0. The van der Waals surface area contributed by atoms with Gasteiger partial charge in [-0.1, -0.05) is 0 Å². The Bertz CT molecular complexity index is 376. The van der Waals surface area contributed by atoms with Crippen molar-refractivity contribution in [2.45, 2.75) is 12.4 Å². The SMILES string of the molecule is O=Cc1n[nH]c(C(F)(F)F)c1C(F)(F)F. The number of aromatic amines is 1. The molecule has 0 unspecified atom stereocenters. The molecule has 0 aliphatic rings. The minimum absolute atomic E-state index is 0.394. The summed E-state index contributed by atoms with van der Waals surface area (Å²) >= 11 is 0. The molecule has 0 aromatic carbocycles. The van der Waals surface area contributed by atoms with Crippen molar-refractivity contribution >= 4 is 6.29 Å². The Balaban J connectivity index is 3.44. The van der Waals surface area contributed by atoms with Crippen LogP contribution < -0.4 is 0 Å². The van der Waals surface area contributed by atoms with Crippen LogP contribution in [0.3, 0.4) is 0 Å². The van der Waals surface area contributed by atoms with E-state index in [1.807, 2.05) is 0 Å². The van der Waals surface area contributed by atoms with Crippen molar-refractivity contribution < 1.29 is 31.1 Å². The third-order valence-electron chi connectivity index (χ3n) is 1.47. The summed E-state index contributed by atoms with van der Waals surface area (Å²) < 4.78 is 72.5. The van der Waals surface area contributed by atoms with Crippen LogP contribution in [0.4, 0.5) is 26.3 Å². The summed E-state index contributed by atoms with van der Waals surface area (Å²) in [5, 5.41) is 3.78. The molecule has 3 nitrogen and oxygen atoms in total. The number of nitrogens with one attached hydrogen (secondary N) is 1. The van der Waals surface area contributed by atoms with Gasteiger partial charge in [-0.2, -0.15) is 31.4 Å². The van der Waals surface area contributed by atoms with Crippen molar-refractivity contribution in [3.05, 3.63) is 17.0 Å². The highest BCUT2D eigenvalue weighted by Gasteiger charge is 2.47. The standard InChI is InChI=1S/C6H2F6N2O/c7-5(8,9)3-2(1-15)13-14-4(3)6(10,11)12/h1H,(H,13,14). The van der Waals surface area contributed by atoms with Gasteiger partial charge in [0.2, 0.25) is 0 Å². The van der Waals surface area contributed by atoms with Crippen molar-refractivity contribution in [1.29, 1.82) is 0 Å². The molecule has 9 heteroatoms. The number of hydrogen-bond donors (Lipinski definition) is 1. The Morgan fingerprint density at radius 3 is 1.93 bits per heavy atom. The number of carbonyl (C=O) groups excluding carboxylic acids is 1. The lowest BCUT2D eigenvalue weighted by Crippen LogP contribution is -2.16. The van der Waals surface area contributed by atoms with E-state index in [-0.39, 0.29) is 0 Å². The Hall–Kier alpha value is -1.54. The fourth-order valence-corrected chi connectivity index (χ4v) is 0.933. The van der Waals surface area contributed by atoms with Crippen molar-refractivity contribution in [3.8, 4) is 0 Å². The highest BCUT2D eigenvalue weighted by Crippen LogP contribution is 2.40. The van der Waals surface area contributed by atoms with Gasteiger partial charge in [-0.05, 0) is 0 Å². The first-order valence-corrected chi connectivity index (χ1v) is 3.36. The zero-order chi connectivity index (χ0) is 11.9. The first kappa shape index (κ1) is 11.5. The maximum atomic E-state index is 12.1. The first-order valence-electron chi connectivity index (χ1n) is 3.36. The average Bonchev–Trinajstić information content (AvgIpc) is 2.44. The van der Waals surface area contributed by atoms with Gasteiger partial charge in [-0.3, -0.25) is 9.89 Å². The van der Waals surface area contributed by atoms with E-state index in [1.165, 1.54) is 0 Å². The fraction of sp³-hybridized carbons (Fsp3) is 0.333. The Morgan fingerprint density at radius 1 is 1.07 bits per heavy atom. The lowest BCUT2D eigenvalue weighted by molar-refractivity contribution is -0.163. The number of alkyl halides is 6. The number of rotatable bonds is 1. The summed E-state index contributed by atoms with van der Waals surface area (Å²) in [7, 11) is 0. The topological polar surface area (TPSA) is 45.8 Å². The molecule has 0 saturated carbocycles. The molecule has 0 aliphatic heterocycles. The predicted molar refractivity (Wildman–Crippen MR) is 34.0 cm³/mol. The number of aldehydes is 1. The molecule has 1 N–H and O–H groups in total. The van der Waals surface area contributed by atoms with E-state index in [0.717, 1.165) is 5.10 Å². The molecule has 1 aromatic heterocycles. The van der Waals surface area contributed by atoms with Crippen molar-refractivity contribution in [2.75, 3.05) is 0 Å². The molecule has 15 heavy (non-hydrogen) atoms. The van der Waals surface area contributed by atoms with E-state index in [0.29, 0.717) is 0 Å². The highest BCUT2D eigenvalue weighted by molar-refractivity contribution is 5.75. The monoisotopic (exact) mass is 232 g/mol. The number of H-pyrrole nitrogens is 1. The van der Waals surface area contributed by atoms with Gasteiger partial charge in [0.25, 0.3) is 0 Å². The van der Waals surface area contributed by atoms with Crippen LogP contribution in [0.5, 0.6) is 0 Å². The predicted octanol–water partition coefficient (Wildman–Crippen LogP) is 2.26. The molecule has 0 radical (unpaired) electrons. The summed E-state index contributed by atoms with van der Waals surface area (Å²) in [4.78, 5) is 10.1. The summed E-state index contributed by atoms with van der Waals surface area (Å²) in [5.41, 5.74) is -5.48. The molecule has 0 amide bonds. The van der Waals surface area contributed by atoms with Crippen LogP contribution in [0.15, 0.2) is 0 Å². The van der Waals surface area contributed by atoms with Crippen LogP contribution in [0.25, 0.3) is 0 Å². The Labute approximate surface area is 78.1 Å². The van der Waals surface area contributed by atoms with Gasteiger partial charge in [0.15, 0.2) is 12.0 Å². The van der Waals surface area contributed by atoms with Crippen LogP contribution >= 0.6 is 0 Å². The summed E-state index contributed by atoms with van der Waals surface area (Å²) in [5.74, 6) is 0. The van der Waals surface area contributed by atoms with Crippen molar-refractivity contribution in [3.63, 3.8) is 0 Å². The van der Waals surface area contributed by atoms with Crippen molar-refractivity contribution in [1.82, 2.24) is 10.2 Å². The number of halogens is 6. The van der Waals surface area contributed by atoms with E-state index in [1.54, 1.807) is 0 Å². The molecular formula is C6H2F6N2O. The van der Waals surface area contributed by atoms with Gasteiger partial charge < -0.3 is 0 Å². The second-order valence-electron chi connectivity index (χ2n) is 2.47. The van der Waals surface area contributed by atoms with Gasteiger partial charge in [0.1, 0.15) is 11.3 Å². The normalized spacial score (nSPS) is 12.9. The van der Waals surface area contributed by atoms with E-state index in [2.05, 4.69) is 5.10 Å². The zero-order valence-electron chi connectivity index (χ0n) is 6.70. The third-order valence-corrected chi connectivity index (χ3v) is 1.47. The molecule has 0 atom stereocenters. The molecular weight excluding hydrogens is 230 g/mol. The van der Waals surface area contributed by atoms with Gasteiger partial charge in [-0.25, -0.2) is 0 Å². The van der Waals surface area contributed by atoms with Crippen LogP contribution in [-0.4, -0.2) is 16.5 Å². The lowest BCUT2D eigenvalue weighted by atomic mass is 10.2. The second-order valence-corrected chi connectivity index (χ2v) is 2.47. The molecule has 1 heterocycles. The second kappa shape index (κ2) is 3.24. The van der Waals surface area contributed by atoms with Gasteiger partial charge >= 0.3 is 12.4 Å². The molecule has 0 fully saturated rings. The van der Waals surface area contributed by atoms with Crippen LogP contribution in [0.1, 0.15) is 21.7 Å². The number of aromatic nitrogens is 2. The third kappa shape index (κ3) is 2.10. The Kier molecular flexibility index (Phi) is 2.49. The van der Waals surface area contributed by atoms with Gasteiger partial charge in [0.05, 0.1) is 0 Å². The maximum absolute atomic E-state index is 12.1. The lowest BCUT2D eigenvalue weighted by Gasteiger charge is -2.09. The molecule has 0 saturated heterocycles. The maximum Gasteiger partial charge on any atom is 0.433 e. The molecule has 0 aliphatic carbocycles. The largest absolute Gasteiger partial charge is 0.433 e. The molecule has 0 bridgehead atoms. The van der Waals surface area contributed by atoms with Gasteiger partial charge in [-0.15, -0.1) is 0 Å². The molecule has 1 rings (SSSR count). The average molecular weight is 232 g/mol. The summed E-state index contributed by atoms with van der Waals surface area (Å²) in [6.07, 6.45) is -10.9. The molecule has 0 spiro atoms. The minimum Gasteiger partial charge on any atom is -0.296 e. The van der Waals surface area contributed by atoms with Crippen LogP contribution in [0, 0.1) is 0 Å². The van der Waals surface area contributed by atoms with Crippen LogP contribution in [-0.2, 0) is 12.4 Å². The van der Waals surface area contributed by atoms with Gasteiger partial charge in [0, 0.05) is 0 Å². The van der Waals surface area contributed by atoms with E-state index in [9.17, 15) is 31.1 Å². The minimum atomic E-state index is -5.28. The smallest absolute Gasteiger partial charge is 0.296 e. The fourth-order valence-electron chi connectivity index (χ4n) is 0.933. The molecule has 1 aromatic rings. The van der Waals surface area contributed by atoms with E-state index in [4.69, 9.17) is 0 Å². The number of hydrogen-bond acceptors (Lipinski definition) is 2. The Morgan fingerprint density at radius 2 is 1.60 bits per heavy atom. The molecule has 84 valence electrons.